The molecular formula is C12H18ClN3O. The van der Waals surface area contributed by atoms with E-state index in [4.69, 9.17) is 11.6 Å². The van der Waals surface area contributed by atoms with Crippen LogP contribution in [0.15, 0.2) is 6.20 Å². The zero-order valence-corrected chi connectivity index (χ0v) is 10.8. The summed E-state index contributed by atoms with van der Waals surface area (Å²) in [6.45, 7) is 3.55. The Hall–Kier alpha value is -1.03. The first kappa shape index (κ1) is 12.4. The number of halogens is 1. The molecule has 1 unspecified atom stereocenters. The number of carbonyl (C=O) groups excluding carboxylic acids is 1. The van der Waals surface area contributed by atoms with Gasteiger partial charge in [0.05, 0.1) is 11.8 Å². The molecule has 94 valence electrons. The summed E-state index contributed by atoms with van der Waals surface area (Å²) in [6.07, 6.45) is 4.86. The molecule has 1 amide bonds. The molecule has 1 aliphatic heterocycles. The maximum atomic E-state index is 12.3. The lowest BCUT2D eigenvalue weighted by Gasteiger charge is -2.32. The number of aryl methyl sites for hydroxylation is 1. The highest BCUT2D eigenvalue weighted by atomic mass is 35.5. The van der Waals surface area contributed by atoms with Crippen molar-refractivity contribution in [3.05, 3.63) is 17.5 Å². The van der Waals surface area contributed by atoms with E-state index in [1.54, 1.807) is 6.20 Å². The minimum atomic E-state index is 0.0931. The third-order valence-electron chi connectivity index (χ3n) is 3.38. The fourth-order valence-electron chi connectivity index (χ4n) is 2.38. The fraction of sp³-hybridized carbons (Fsp3) is 0.667. The molecule has 0 radical (unpaired) electrons. The van der Waals surface area contributed by atoms with Crippen molar-refractivity contribution in [1.29, 1.82) is 0 Å². The average molecular weight is 256 g/mol. The number of aromatic amines is 1. The molecule has 5 heteroatoms. The Balaban J connectivity index is 2.02. The van der Waals surface area contributed by atoms with E-state index in [0.29, 0.717) is 17.4 Å². The van der Waals surface area contributed by atoms with Crippen LogP contribution in [0.2, 0.25) is 0 Å². The van der Waals surface area contributed by atoms with Crippen molar-refractivity contribution in [3.63, 3.8) is 0 Å². The molecule has 1 N–H and O–H groups in total. The van der Waals surface area contributed by atoms with Gasteiger partial charge in [-0.3, -0.25) is 9.89 Å². The molecule has 4 nitrogen and oxygen atoms in total. The number of piperidine rings is 1. The second kappa shape index (κ2) is 5.54. The van der Waals surface area contributed by atoms with Gasteiger partial charge in [-0.15, -0.1) is 11.6 Å². The molecular weight excluding hydrogens is 238 g/mol. The van der Waals surface area contributed by atoms with Crippen molar-refractivity contribution in [2.75, 3.05) is 19.0 Å². The molecule has 0 spiro atoms. The SMILES string of the molecule is Cc1[nH]ncc1C(=O)N1CCCC(CCCl)C1. The summed E-state index contributed by atoms with van der Waals surface area (Å²) in [5, 5.41) is 6.71. The van der Waals surface area contributed by atoms with E-state index < -0.39 is 0 Å². The molecule has 1 aromatic heterocycles. The lowest BCUT2D eigenvalue weighted by molar-refractivity contribution is 0.0671. The smallest absolute Gasteiger partial charge is 0.257 e. The van der Waals surface area contributed by atoms with Crippen LogP contribution in [0.1, 0.15) is 35.3 Å². The molecule has 17 heavy (non-hydrogen) atoms. The predicted octanol–water partition coefficient (Wildman–Crippen LogP) is 2.20. The Morgan fingerprint density at radius 3 is 3.18 bits per heavy atom. The van der Waals surface area contributed by atoms with Gasteiger partial charge >= 0.3 is 0 Å². The monoisotopic (exact) mass is 255 g/mol. The van der Waals surface area contributed by atoms with E-state index in [2.05, 4.69) is 10.2 Å². The summed E-state index contributed by atoms with van der Waals surface area (Å²) in [7, 11) is 0. The third kappa shape index (κ3) is 2.80. The van der Waals surface area contributed by atoms with E-state index >= 15 is 0 Å². The van der Waals surface area contributed by atoms with Gasteiger partial charge in [0.1, 0.15) is 0 Å². The first-order chi connectivity index (χ1) is 8.22. The van der Waals surface area contributed by atoms with Gasteiger partial charge in [-0.25, -0.2) is 0 Å². The topological polar surface area (TPSA) is 49.0 Å². The van der Waals surface area contributed by atoms with Crippen LogP contribution in [0.5, 0.6) is 0 Å². The molecule has 2 heterocycles. The quantitative estimate of drug-likeness (QED) is 0.842. The standard InChI is InChI=1S/C12H18ClN3O/c1-9-11(7-14-15-9)12(17)16-6-2-3-10(8-16)4-5-13/h7,10H,2-6,8H2,1H3,(H,14,15). The molecule has 1 aromatic rings. The van der Waals surface area contributed by atoms with Crippen molar-refractivity contribution in [2.24, 2.45) is 5.92 Å². The summed E-state index contributed by atoms with van der Waals surface area (Å²) in [4.78, 5) is 14.2. The Morgan fingerprint density at radius 2 is 2.53 bits per heavy atom. The Morgan fingerprint density at radius 1 is 1.71 bits per heavy atom. The van der Waals surface area contributed by atoms with Crippen molar-refractivity contribution in [1.82, 2.24) is 15.1 Å². The van der Waals surface area contributed by atoms with Crippen molar-refractivity contribution >= 4 is 17.5 Å². The van der Waals surface area contributed by atoms with Crippen LogP contribution >= 0.6 is 11.6 Å². The van der Waals surface area contributed by atoms with Crippen LogP contribution in [-0.4, -0.2) is 40.0 Å². The minimum absolute atomic E-state index is 0.0931. The number of nitrogens with zero attached hydrogens (tertiary/aromatic N) is 2. The van der Waals surface area contributed by atoms with Gasteiger partial charge in [-0.05, 0) is 32.1 Å². The van der Waals surface area contributed by atoms with Crippen molar-refractivity contribution in [2.45, 2.75) is 26.2 Å². The summed E-state index contributed by atoms with van der Waals surface area (Å²) < 4.78 is 0. The maximum absolute atomic E-state index is 12.3. The second-order valence-corrected chi connectivity index (χ2v) is 5.02. The molecule has 1 aliphatic rings. The van der Waals surface area contributed by atoms with Crippen LogP contribution in [0.25, 0.3) is 0 Å². The molecule has 0 bridgehead atoms. The first-order valence-electron chi connectivity index (χ1n) is 6.07. The van der Waals surface area contributed by atoms with Crippen LogP contribution in [0, 0.1) is 12.8 Å². The van der Waals surface area contributed by atoms with Crippen LogP contribution in [0.4, 0.5) is 0 Å². The highest BCUT2D eigenvalue weighted by Gasteiger charge is 2.25. The summed E-state index contributed by atoms with van der Waals surface area (Å²) in [5.74, 6) is 1.32. The molecule has 1 atom stereocenters. The summed E-state index contributed by atoms with van der Waals surface area (Å²) >= 11 is 5.77. The second-order valence-electron chi connectivity index (χ2n) is 4.65. The number of likely N-dealkylation sites (tertiary alicyclic amines) is 1. The van der Waals surface area contributed by atoms with Gasteiger partial charge < -0.3 is 4.90 Å². The zero-order chi connectivity index (χ0) is 12.3. The fourth-order valence-corrected chi connectivity index (χ4v) is 2.68. The molecule has 0 saturated carbocycles. The molecule has 2 rings (SSSR count). The van der Waals surface area contributed by atoms with Crippen molar-refractivity contribution in [3.8, 4) is 0 Å². The number of rotatable bonds is 3. The van der Waals surface area contributed by atoms with E-state index in [9.17, 15) is 4.79 Å². The maximum Gasteiger partial charge on any atom is 0.257 e. The predicted molar refractivity (Wildman–Crippen MR) is 67.3 cm³/mol. The average Bonchev–Trinajstić information content (AvgIpc) is 2.75. The van der Waals surface area contributed by atoms with E-state index in [-0.39, 0.29) is 5.91 Å². The van der Waals surface area contributed by atoms with Crippen LogP contribution in [-0.2, 0) is 0 Å². The van der Waals surface area contributed by atoms with Gasteiger partial charge in [-0.2, -0.15) is 5.10 Å². The minimum Gasteiger partial charge on any atom is -0.338 e. The molecule has 1 saturated heterocycles. The lowest BCUT2D eigenvalue weighted by Crippen LogP contribution is -2.40. The van der Waals surface area contributed by atoms with Gasteiger partial charge in [0.2, 0.25) is 0 Å². The number of carbonyl (C=O) groups is 1. The summed E-state index contributed by atoms with van der Waals surface area (Å²) in [6, 6.07) is 0. The highest BCUT2D eigenvalue weighted by molar-refractivity contribution is 6.17. The molecule has 1 fully saturated rings. The Kier molecular flexibility index (Phi) is 4.05. The van der Waals surface area contributed by atoms with Gasteiger partial charge in [0.25, 0.3) is 5.91 Å². The van der Waals surface area contributed by atoms with Gasteiger partial charge in [0, 0.05) is 24.7 Å². The summed E-state index contributed by atoms with van der Waals surface area (Å²) in [5.41, 5.74) is 1.53. The zero-order valence-electron chi connectivity index (χ0n) is 10.1. The normalized spacial score (nSPS) is 20.6. The van der Waals surface area contributed by atoms with E-state index in [0.717, 1.165) is 31.6 Å². The van der Waals surface area contributed by atoms with E-state index in [1.807, 2.05) is 11.8 Å². The Bertz CT molecular complexity index is 389. The van der Waals surface area contributed by atoms with Crippen LogP contribution < -0.4 is 0 Å². The number of amides is 1. The first-order valence-corrected chi connectivity index (χ1v) is 6.61. The number of nitrogens with one attached hydrogen (secondary N) is 1. The van der Waals surface area contributed by atoms with Crippen molar-refractivity contribution < 1.29 is 4.79 Å². The number of H-pyrrole nitrogens is 1. The van der Waals surface area contributed by atoms with Crippen LogP contribution in [0.3, 0.4) is 0 Å². The van der Waals surface area contributed by atoms with Gasteiger partial charge in [-0.1, -0.05) is 0 Å². The number of hydrogen-bond acceptors (Lipinski definition) is 2. The Labute approximate surface area is 106 Å². The largest absolute Gasteiger partial charge is 0.338 e. The highest BCUT2D eigenvalue weighted by Crippen LogP contribution is 2.22. The number of alkyl halides is 1. The number of aromatic nitrogens is 2. The van der Waals surface area contributed by atoms with Gasteiger partial charge in [0.15, 0.2) is 0 Å². The lowest BCUT2D eigenvalue weighted by atomic mass is 9.95. The molecule has 0 aromatic carbocycles. The molecule has 0 aliphatic carbocycles. The third-order valence-corrected chi connectivity index (χ3v) is 3.60. The van der Waals surface area contributed by atoms with E-state index in [1.165, 1.54) is 6.42 Å². The number of hydrogen-bond donors (Lipinski definition) is 1.